The van der Waals surface area contributed by atoms with Crippen molar-refractivity contribution >= 4 is 17.5 Å². The van der Waals surface area contributed by atoms with Gasteiger partial charge in [-0.3, -0.25) is 9.78 Å². The topological polar surface area (TPSA) is 79.8 Å². The Kier molecular flexibility index (Phi) is 3.69. The molecule has 1 aromatic heterocycles. The van der Waals surface area contributed by atoms with Gasteiger partial charge in [0.25, 0.3) is 0 Å². The molecule has 0 unspecified atom stereocenters. The van der Waals surface area contributed by atoms with E-state index in [-0.39, 0.29) is 16.6 Å². The van der Waals surface area contributed by atoms with Crippen molar-refractivity contribution in [1.82, 2.24) is 4.98 Å². The quantitative estimate of drug-likeness (QED) is 0.882. The summed E-state index contributed by atoms with van der Waals surface area (Å²) in [5.74, 6) is 2.33. The maximum Gasteiger partial charge on any atom is 0.153 e. The van der Waals surface area contributed by atoms with Crippen LogP contribution < -0.4 is 5.73 Å². The Labute approximate surface area is 158 Å². The minimum atomic E-state index is -0.261. The van der Waals surface area contributed by atoms with E-state index in [9.17, 15) is 10.1 Å². The zero-order valence-corrected chi connectivity index (χ0v) is 15.5. The number of allylic oxidation sites excluding steroid dienone is 1. The molecule has 1 aromatic rings. The van der Waals surface area contributed by atoms with Crippen molar-refractivity contribution in [2.45, 2.75) is 49.7 Å². The number of nitrogens with zero attached hydrogens (tertiary/aromatic N) is 2. The first-order valence-corrected chi connectivity index (χ1v) is 10.5. The van der Waals surface area contributed by atoms with Crippen molar-refractivity contribution in [3.05, 3.63) is 40.7 Å². The second-order valence-corrected chi connectivity index (χ2v) is 9.93. The number of carbonyl (C=O) groups is 1. The van der Waals surface area contributed by atoms with Crippen LogP contribution in [0.3, 0.4) is 0 Å². The second-order valence-electron chi connectivity index (χ2n) is 8.75. The van der Waals surface area contributed by atoms with Crippen molar-refractivity contribution in [2.75, 3.05) is 0 Å². The minimum Gasteiger partial charge on any atom is -0.393 e. The molecule has 5 heteroatoms. The van der Waals surface area contributed by atoms with Gasteiger partial charge in [-0.25, -0.2) is 0 Å². The fraction of sp³-hybridized carbons (Fsp3) is 0.571. The number of ketones is 1. The molecule has 0 radical (unpaired) electrons. The number of carbonyl (C=O) groups excluding carboxylic acids is 1. The molecule has 2 atom stereocenters. The molecule has 4 aliphatic carbocycles. The Morgan fingerprint density at radius 3 is 2.27 bits per heavy atom. The zero-order chi connectivity index (χ0) is 17.9. The molecule has 26 heavy (non-hydrogen) atoms. The molecular weight excluding hydrogens is 342 g/mol. The smallest absolute Gasteiger partial charge is 0.153 e. The SMILES string of the molecule is N#CC1=C(N)S[C@H](C(=O)C23CC4CC(CC(C4)C2)C3)[C@H]1c1ccncc1. The lowest BCUT2D eigenvalue weighted by molar-refractivity contribution is -0.143. The summed E-state index contributed by atoms with van der Waals surface area (Å²) in [6, 6.07) is 6.12. The second kappa shape index (κ2) is 5.85. The van der Waals surface area contributed by atoms with Gasteiger partial charge in [-0.2, -0.15) is 5.26 Å². The van der Waals surface area contributed by atoms with Crippen molar-refractivity contribution in [2.24, 2.45) is 28.9 Å². The summed E-state index contributed by atoms with van der Waals surface area (Å²) < 4.78 is 0. The summed E-state index contributed by atoms with van der Waals surface area (Å²) in [6.45, 7) is 0. The Morgan fingerprint density at radius 1 is 1.15 bits per heavy atom. The van der Waals surface area contributed by atoms with E-state index in [1.807, 2.05) is 12.1 Å². The summed E-state index contributed by atoms with van der Waals surface area (Å²) in [6.07, 6.45) is 10.6. The maximum atomic E-state index is 13.9. The maximum absolute atomic E-state index is 13.9. The van der Waals surface area contributed by atoms with E-state index >= 15 is 0 Å². The Balaban J connectivity index is 1.51. The molecule has 4 bridgehead atoms. The van der Waals surface area contributed by atoms with Crippen LogP contribution in [0.5, 0.6) is 0 Å². The highest BCUT2D eigenvalue weighted by atomic mass is 32.2. The van der Waals surface area contributed by atoms with Gasteiger partial charge in [-0.1, -0.05) is 11.8 Å². The van der Waals surface area contributed by atoms with E-state index in [0.29, 0.717) is 16.4 Å². The number of rotatable bonds is 3. The molecular formula is C21H23N3OS. The molecule has 2 N–H and O–H groups in total. The molecule has 2 heterocycles. The van der Waals surface area contributed by atoms with Crippen LogP contribution in [-0.2, 0) is 4.79 Å². The standard InChI is InChI=1S/C21H23N3OS/c22-11-16-17(15-1-3-24-4-2-15)18(26-20(16)23)19(25)21-8-12-5-13(9-21)7-14(6-12)10-21/h1-4,12-14,17-18H,5-10,23H2/t12?,13?,14?,17-,18-,21?/m0/s1. The molecule has 6 rings (SSSR count). The number of hydrogen-bond donors (Lipinski definition) is 1. The van der Waals surface area contributed by atoms with E-state index in [1.165, 1.54) is 31.0 Å². The number of hydrogen-bond acceptors (Lipinski definition) is 5. The Hall–Kier alpha value is -1.80. The molecule has 4 nitrogen and oxygen atoms in total. The van der Waals surface area contributed by atoms with Crippen LogP contribution in [0.25, 0.3) is 0 Å². The van der Waals surface area contributed by atoms with Crippen LogP contribution in [-0.4, -0.2) is 16.0 Å². The lowest BCUT2D eigenvalue weighted by Crippen LogP contribution is -2.52. The highest BCUT2D eigenvalue weighted by Gasteiger charge is 2.57. The molecule has 0 spiro atoms. The van der Waals surface area contributed by atoms with Gasteiger partial charge in [0.1, 0.15) is 0 Å². The van der Waals surface area contributed by atoms with Crippen molar-refractivity contribution < 1.29 is 4.79 Å². The molecule has 4 saturated carbocycles. The number of pyridine rings is 1. The summed E-state index contributed by atoms with van der Waals surface area (Å²) in [5, 5.41) is 9.94. The van der Waals surface area contributed by atoms with E-state index < -0.39 is 0 Å². The van der Waals surface area contributed by atoms with Crippen LogP contribution in [0.4, 0.5) is 0 Å². The predicted molar refractivity (Wildman–Crippen MR) is 101 cm³/mol. The summed E-state index contributed by atoms with van der Waals surface area (Å²) in [4.78, 5) is 18.0. The molecule has 5 aliphatic rings. The van der Waals surface area contributed by atoms with Gasteiger partial charge in [-0.05, 0) is 74.0 Å². The van der Waals surface area contributed by atoms with Crippen molar-refractivity contribution in [3.8, 4) is 6.07 Å². The van der Waals surface area contributed by atoms with Crippen LogP contribution in [0.2, 0.25) is 0 Å². The number of nitriles is 1. The summed E-state index contributed by atoms with van der Waals surface area (Å²) >= 11 is 1.42. The van der Waals surface area contributed by atoms with Gasteiger partial charge in [0.15, 0.2) is 5.78 Å². The number of aromatic nitrogens is 1. The van der Waals surface area contributed by atoms with Gasteiger partial charge in [0.2, 0.25) is 0 Å². The molecule has 0 aromatic carbocycles. The van der Waals surface area contributed by atoms with E-state index in [0.717, 1.165) is 42.6 Å². The predicted octanol–water partition coefficient (Wildman–Crippen LogP) is 3.76. The van der Waals surface area contributed by atoms with Crippen LogP contribution in [0.1, 0.15) is 50.0 Å². The number of nitrogens with two attached hydrogens (primary N) is 1. The van der Waals surface area contributed by atoms with Gasteiger partial charge in [0, 0.05) is 23.7 Å². The summed E-state index contributed by atoms with van der Waals surface area (Å²) in [7, 11) is 0. The molecule has 4 fully saturated rings. The molecule has 0 amide bonds. The molecule has 134 valence electrons. The number of Topliss-reactive ketones (excluding diaryl/α,β-unsaturated/α-hetero) is 1. The monoisotopic (exact) mass is 365 g/mol. The lowest BCUT2D eigenvalue weighted by atomic mass is 9.48. The first-order valence-electron chi connectivity index (χ1n) is 9.60. The summed E-state index contributed by atoms with van der Waals surface area (Å²) in [5.41, 5.74) is 7.56. The van der Waals surface area contributed by atoms with Gasteiger partial charge >= 0.3 is 0 Å². The van der Waals surface area contributed by atoms with Crippen molar-refractivity contribution in [3.63, 3.8) is 0 Å². The first-order chi connectivity index (χ1) is 12.6. The third kappa shape index (κ3) is 2.35. The third-order valence-corrected chi connectivity index (χ3v) is 8.35. The van der Waals surface area contributed by atoms with E-state index in [4.69, 9.17) is 5.73 Å². The van der Waals surface area contributed by atoms with E-state index in [1.54, 1.807) is 12.4 Å². The Morgan fingerprint density at radius 2 is 1.73 bits per heavy atom. The normalized spacial score (nSPS) is 40.7. The fourth-order valence-corrected chi connectivity index (χ4v) is 7.89. The average molecular weight is 366 g/mol. The van der Waals surface area contributed by atoms with Crippen molar-refractivity contribution in [1.29, 1.82) is 5.26 Å². The largest absolute Gasteiger partial charge is 0.393 e. The van der Waals surface area contributed by atoms with E-state index in [2.05, 4.69) is 11.1 Å². The molecule has 0 saturated heterocycles. The third-order valence-electron chi connectivity index (χ3n) is 7.14. The molecule has 1 aliphatic heterocycles. The van der Waals surface area contributed by atoms with Crippen LogP contribution >= 0.6 is 11.8 Å². The van der Waals surface area contributed by atoms with Crippen LogP contribution in [0, 0.1) is 34.5 Å². The highest BCUT2D eigenvalue weighted by molar-refractivity contribution is 8.04. The Bertz CT molecular complexity index is 790. The highest BCUT2D eigenvalue weighted by Crippen LogP contribution is 2.62. The van der Waals surface area contributed by atoms with Crippen LogP contribution in [0.15, 0.2) is 35.1 Å². The van der Waals surface area contributed by atoms with Gasteiger partial charge < -0.3 is 5.73 Å². The fourth-order valence-electron chi connectivity index (χ4n) is 6.53. The number of thioether (sulfide) groups is 1. The average Bonchev–Trinajstić information content (AvgIpc) is 2.97. The van der Waals surface area contributed by atoms with Gasteiger partial charge in [-0.15, -0.1) is 0 Å². The van der Waals surface area contributed by atoms with Gasteiger partial charge in [0.05, 0.1) is 21.9 Å². The minimum absolute atomic E-state index is 0.164. The lowest BCUT2D eigenvalue weighted by Gasteiger charge is -2.56. The zero-order valence-electron chi connectivity index (χ0n) is 14.7. The first kappa shape index (κ1) is 16.4.